The standard InChI is InChI=1S/C15H16N6O2/c1-9(2)17-15-13(21(22)23)5-6-14(19-15)18-11-4-3-10-8-16-20-12(10)7-11/h3-9H,1-2H3,(H,16,20)(H2,17,18,19). The van der Waals surface area contributed by atoms with Crippen molar-refractivity contribution in [3.8, 4) is 0 Å². The van der Waals surface area contributed by atoms with E-state index >= 15 is 0 Å². The Morgan fingerprint density at radius 3 is 2.83 bits per heavy atom. The number of H-pyrrole nitrogens is 1. The topological polar surface area (TPSA) is 109 Å². The van der Waals surface area contributed by atoms with Gasteiger partial charge in [0.1, 0.15) is 5.82 Å². The molecule has 0 amide bonds. The van der Waals surface area contributed by atoms with Gasteiger partial charge >= 0.3 is 5.69 Å². The van der Waals surface area contributed by atoms with Crippen molar-refractivity contribution >= 4 is 33.9 Å². The summed E-state index contributed by atoms with van der Waals surface area (Å²) in [5.41, 5.74) is 1.67. The van der Waals surface area contributed by atoms with E-state index in [0.29, 0.717) is 5.82 Å². The van der Waals surface area contributed by atoms with E-state index in [2.05, 4.69) is 25.8 Å². The van der Waals surface area contributed by atoms with Gasteiger partial charge in [0.25, 0.3) is 0 Å². The maximum atomic E-state index is 11.1. The van der Waals surface area contributed by atoms with Crippen LogP contribution in [-0.2, 0) is 0 Å². The van der Waals surface area contributed by atoms with Gasteiger partial charge in [-0.2, -0.15) is 5.10 Å². The molecule has 0 atom stereocenters. The number of fused-ring (bicyclic) bond motifs is 1. The fourth-order valence-electron chi connectivity index (χ4n) is 2.21. The second-order valence-electron chi connectivity index (χ2n) is 5.42. The lowest BCUT2D eigenvalue weighted by Gasteiger charge is -2.12. The molecule has 8 heteroatoms. The van der Waals surface area contributed by atoms with Crippen molar-refractivity contribution in [1.29, 1.82) is 0 Å². The Hall–Kier alpha value is -3.16. The van der Waals surface area contributed by atoms with Crippen LogP contribution in [-0.4, -0.2) is 26.1 Å². The van der Waals surface area contributed by atoms with Crippen LogP contribution in [0, 0.1) is 10.1 Å². The number of rotatable bonds is 5. The highest BCUT2D eigenvalue weighted by Crippen LogP contribution is 2.27. The monoisotopic (exact) mass is 312 g/mol. The molecule has 118 valence electrons. The van der Waals surface area contributed by atoms with E-state index in [0.717, 1.165) is 16.6 Å². The van der Waals surface area contributed by atoms with Gasteiger partial charge in [-0.1, -0.05) is 0 Å². The SMILES string of the molecule is CC(C)Nc1nc(Nc2ccc3cn[nH]c3c2)ccc1[N+](=O)[O-]. The molecule has 0 aliphatic carbocycles. The lowest BCUT2D eigenvalue weighted by Crippen LogP contribution is -2.13. The molecule has 0 radical (unpaired) electrons. The van der Waals surface area contributed by atoms with Crippen molar-refractivity contribution in [2.75, 3.05) is 10.6 Å². The summed E-state index contributed by atoms with van der Waals surface area (Å²) in [7, 11) is 0. The van der Waals surface area contributed by atoms with E-state index in [1.54, 1.807) is 12.3 Å². The third-order valence-electron chi connectivity index (χ3n) is 3.21. The lowest BCUT2D eigenvalue weighted by molar-refractivity contribution is -0.384. The Morgan fingerprint density at radius 1 is 1.26 bits per heavy atom. The first-order valence-corrected chi connectivity index (χ1v) is 7.15. The molecule has 3 rings (SSSR count). The van der Waals surface area contributed by atoms with Gasteiger partial charge in [-0.3, -0.25) is 15.2 Å². The van der Waals surface area contributed by atoms with Crippen LogP contribution < -0.4 is 10.6 Å². The molecule has 3 N–H and O–H groups in total. The van der Waals surface area contributed by atoms with Gasteiger partial charge in [-0.15, -0.1) is 0 Å². The van der Waals surface area contributed by atoms with Crippen LogP contribution in [0.2, 0.25) is 0 Å². The molecule has 0 saturated carbocycles. The zero-order chi connectivity index (χ0) is 16.4. The van der Waals surface area contributed by atoms with Crippen LogP contribution in [0.3, 0.4) is 0 Å². The molecule has 0 fully saturated rings. The van der Waals surface area contributed by atoms with Gasteiger partial charge < -0.3 is 10.6 Å². The molecule has 3 aromatic rings. The Balaban J connectivity index is 1.91. The van der Waals surface area contributed by atoms with Crippen molar-refractivity contribution < 1.29 is 4.92 Å². The van der Waals surface area contributed by atoms with Gasteiger partial charge in [0.2, 0.25) is 5.82 Å². The van der Waals surface area contributed by atoms with Crippen molar-refractivity contribution in [1.82, 2.24) is 15.2 Å². The van der Waals surface area contributed by atoms with Crippen LogP contribution in [0.4, 0.5) is 23.0 Å². The maximum Gasteiger partial charge on any atom is 0.311 e. The fourth-order valence-corrected chi connectivity index (χ4v) is 2.21. The molecule has 0 bridgehead atoms. The van der Waals surface area contributed by atoms with E-state index in [4.69, 9.17) is 0 Å². The number of nitrogens with zero attached hydrogens (tertiary/aromatic N) is 3. The van der Waals surface area contributed by atoms with Gasteiger partial charge in [0, 0.05) is 23.2 Å². The Bertz CT molecular complexity index is 858. The molecular weight excluding hydrogens is 296 g/mol. The number of nitrogens with one attached hydrogen (secondary N) is 3. The summed E-state index contributed by atoms with van der Waals surface area (Å²) in [6.45, 7) is 3.80. The van der Waals surface area contributed by atoms with Crippen molar-refractivity contribution in [3.63, 3.8) is 0 Å². The minimum atomic E-state index is -0.446. The lowest BCUT2D eigenvalue weighted by atomic mass is 10.2. The fraction of sp³-hybridized carbons (Fsp3) is 0.200. The number of hydrogen-bond donors (Lipinski definition) is 3. The second-order valence-corrected chi connectivity index (χ2v) is 5.42. The van der Waals surface area contributed by atoms with E-state index in [-0.39, 0.29) is 17.5 Å². The third kappa shape index (κ3) is 3.20. The Kier molecular flexibility index (Phi) is 3.80. The molecule has 1 aromatic carbocycles. The molecule has 0 spiro atoms. The van der Waals surface area contributed by atoms with Gasteiger partial charge in [-0.25, -0.2) is 4.98 Å². The van der Waals surface area contributed by atoms with Gasteiger partial charge in [0.05, 0.1) is 16.6 Å². The molecule has 0 unspecified atom stereocenters. The summed E-state index contributed by atoms with van der Waals surface area (Å²) >= 11 is 0. The Labute approximate surface area is 132 Å². The minimum absolute atomic E-state index is 0.0396. The number of aromatic nitrogens is 3. The van der Waals surface area contributed by atoms with Crippen molar-refractivity contribution in [2.45, 2.75) is 19.9 Å². The highest BCUT2D eigenvalue weighted by atomic mass is 16.6. The zero-order valence-corrected chi connectivity index (χ0v) is 12.7. The number of anilines is 3. The summed E-state index contributed by atoms with van der Waals surface area (Å²) in [6, 6.07) is 8.80. The molecule has 0 saturated heterocycles. The summed E-state index contributed by atoms with van der Waals surface area (Å²) in [6.07, 6.45) is 1.74. The first-order valence-electron chi connectivity index (χ1n) is 7.15. The highest BCUT2D eigenvalue weighted by molar-refractivity contribution is 5.82. The van der Waals surface area contributed by atoms with Crippen molar-refractivity contribution in [3.05, 3.63) is 46.6 Å². The van der Waals surface area contributed by atoms with E-state index in [9.17, 15) is 10.1 Å². The average molecular weight is 312 g/mol. The van der Waals surface area contributed by atoms with Crippen LogP contribution in [0.5, 0.6) is 0 Å². The molecule has 8 nitrogen and oxygen atoms in total. The van der Waals surface area contributed by atoms with Crippen LogP contribution in [0.15, 0.2) is 36.5 Å². The zero-order valence-electron chi connectivity index (χ0n) is 12.7. The predicted molar refractivity (Wildman–Crippen MR) is 89.0 cm³/mol. The van der Waals surface area contributed by atoms with Gasteiger partial charge in [-0.05, 0) is 38.1 Å². The third-order valence-corrected chi connectivity index (χ3v) is 3.21. The number of benzene rings is 1. The van der Waals surface area contributed by atoms with Crippen molar-refractivity contribution in [2.24, 2.45) is 0 Å². The predicted octanol–water partition coefficient (Wildman–Crippen LogP) is 3.43. The van der Waals surface area contributed by atoms with Gasteiger partial charge in [0.15, 0.2) is 0 Å². The normalized spacial score (nSPS) is 10.9. The molecule has 2 heterocycles. The number of nitro groups is 1. The number of aromatic amines is 1. The molecule has 2 aromatic heterocycles. The molecular formula is C15H16N6O2. The summed E-state index contributed by atoms with van der Waals surface area (Å²) < 4.78 is 0. The van der Waals surface area contributed by atoms with E-state index in [1.807, 2.05) is 32.0 Å². The molecule has 23 heavy (non-hydrogen) atoms. The van der Waals surface area contributed by atoms with Crippen LogP contribution >= 0.6 is 0 Å². The number of hydrogen-bond acceptors (Lipinski definition) is 6. The maximum absolute atomic E-state index is 11.1. The quantitative estimate of drug-likeness (QED) is 0.492. The minimum Gasteiger partial charge on any atom is -0.362 e. The molecule has 0 aliphatic rings. The summed E-state index contributed by atoms with van der Waals surface area (Å²) in [5, 5.41) is 25.1. The second kappa shape index (κ2) is 5.91. The number of pyridine rings is 1. The Morgan fingerprint density at radius 2 is 2.09 bits per heavy atom. The first-order chi connectivity index (χ1) is 11.0. The largest absolute Gasteiger partial charge is 0.362 e. The summed E-state index contributed by atoms with van der Waals surface area (Å²) in [5.74, 6) is 0.773. The smallest absolute Gasteiger partial charge is 0.311 e. The van der Waals surface area contributed by atoms with Crippen LogP contribution in [0.25, 0.3) is 10.9 Å². The first kappa shape index (κ1) is 14.8. The summed E-state index contributed by atoms with van der Waals surface area (Å²) in [4.78, 5) is 14.9. The van der Waals surface area contributed by atoms with Crippen LogP contribution in [0.1, 0.15) is 13.8 Å². The average Bonchev–Trinajstić information content (AvgIpc) is 2.94. The molecule has 0 aliphatic heterocycles. The van der Waals surface area contributed by atoms with E-state index < -0.39 is 4.92 Å². The highest BCUT2D eigenvalue weighted by Gasteiger charge is 2.16. The van der Waals surface area contributed by atoms with E-state index in [1.165, 1.54) is 6.07 Å².